The van der Waals surface area contributed by atoms with Crippen LogP contribution >= 0.6 is 39.5 Å². The van der Waals surface area contributed by atoms with Gasteiger partial charge in [-0.05, 0) is 62.7 Å². The van der Waals surface area contributed by atoms with Crippen molar-refractivity contribution in [3.05, 3.63) is 111 Å². The van der Waals surface area contributed by atoms with Crippen LogP contribution in [0.1, 0.15) is 16.9 Å². The number of benzene rings is 2. The maximum Gasteiger partial charge on any atom is 0.267 e. The van der Waals surface area contributed by atoms with E-state index in [2.05, 4.69) is 25.9 Å². The predicted molar refractivity (Wildman–Crippen MR) is 143 cm³/mol. The molecular weight excluding hydrogens is 544 g/mol. The van der Waals surface area contributed by atoms with Crippen molar-refractivity contribution in [1.82, 2.24) is 14.9 Å². The third-order valence-corrected chi connectivity index (χ3v) is 7.76. The van der Waals surface area contributed by atoms with Gasteiger partial charge in [0.05, 0.1) is 22.5 Å². The van der Waals surface area contributed by atoms with Crippen LogP contribution in [0.2, 0.25) is 0 Å². The molecule has 1 amide bonds. The molecule has 9 heteroatoms. The van der Waals surface area contributed by atoms with Gasteiger partial charge in [-0.3, -0.25) is 14.7 Å². The van der Waals surface area contributed by atoms with Crippen LogP contribution < -0.4 is 0 Å². The lowest BCUT2D eigenvalue weighted by molar-refractivity contribution is -0.122. The Morgan fingerprint density at radius 1 is 1.00 bits per heavy atom. The van der Waals surface area contributed by atoms with Crippen LogP contribution in [0.5, 0.6) is 0 Å². The Labute approximate surface area is 219 Å². The van der Waals surface area contributed by atoms with Crippen LogP contribution in [0, 0.1) is 0 Å². The highest BCUT2D eigenvalue weighted by Crippen LogP contribution is 2.38. The number of hydrogen-bond acceptors (Lipinski definition) is 7. The minimum atomic E-state index is -0.0983. The van der Waals surface area contributed by atoms with Crippen molar-refractivity contribution in [2.24, 2.45) is 4.99 Å². The molecule has 2 aromatic carbocycles. The summed E-state index contributed by atoms with van der Waals surface area (Å²) in [5, 5.41) is 1.88. The fourth-order valence-electron chi connectivity index (χ4n) is 3.33. The Hall–Kier alpha value is -3.14. The number of rotatable bonds is 7. The molecule has 35 heavy (non-hydrogen) atoms. The summed E-state index contributed by atoms with van der Waals surface area (Å²) >= 11 is 6.20. The van der Waals surface area contributed by atoms with E-state index >= 15 is 0 Å². The molecule has 0 aliphatic carbocycles. The van der Waals surface area contributed by atoms with Crippen LogP contribution in [0.3, 0.4) is 0 Å². The number of thioether (sulfide) groups is 1. The van der Waals surface area contributed by atoms with Crippen molar-refractivity contribution >= 4 is 56.6 Å². The van der Waals surface area contributed by atoms with Gasteiger partial charge in [0.15, 0.2) is 15.4 Å². The van der Waals surface area contributed by atoms with E-state index < -0.39 is 0 Å². The molecule has 1 fully saturated rings. The van der Waals surface area contributed by atoms with Crippen LogP contribution in [-0.4, -0.2) is 25.9 Å². The molecule has 3 heterocycles. The van der Waals surface area contributed by atoms with E-state index in [9.17, 15) is 4.79 Å². The number of halogens is 1. The molecule has 0 radical (unpaired) electrons. The highest BCUT2D eigenvalue weighted by atomic mass is 79.9. The van der Waals surface area contributed by atoms with Gasteiger partial charge in [-0.1, -0.05) is 60.7 Å². The maximum atomic E-state index is 13.4. The summed E-state index contributed by atoms with van der Waals surface area (Å²) in [5.74, 6) is 0.467. The van der Waals surface area contributed by atoms with Gasteiger partial charge in [-0.25, -0.2) is 9.97 Å². The first kappa shape index (κ1) is 23.6. The smallest absolute Gasteiger partial charge is 0.267 e. The van der Waals surface area contributed by atoms with Gasteiger partial charge in [0.2, 0.25) is 0 Å². The third kappa shape index (κ3) is 5.93. The second-order valence-electron chi connectivity index (χ2n) is 7.49. The summed E-state index contributed by atoms with van der Waals surface area (Å²) in [6.07, 6.45) is 5.12. The summed E-state index contributed by atoms with van der Waals surface area (Å²) in [5.41, 5.74) is 2.13. The minimum absolute atomic E-state index is 0.0983. The van der Waals surface area contributed by atoms with Gasteiger partial charge in [0, 0.05) is 18.5 Å². The lowest BCUT2D eigenvalue weighted by Gasteiger charge is -2.15. The second-order valence-corrected chi connectivity index (χ2v) is 10.3. The maximum absolute atomic E-state index is 13.4. The third-order valence-electron chi connectivity index (χ3n) is 4.99. The van der Waals surface area contributed by atoms with Gasteiger partial charge < -0.3 is 4.42 Å². The van der Waals surface area contributed by atoms with Crippen molar-refractivity contribution in [2.75, 3.05) is 0 Å². The average molecular weight is 564 g/mol. The van der Waals surface area contributed by atoms with Gasteiger partial charge in [-0.15, -0.1) is 0 Å². The predicted octanol–water partition coefficient (Wildman–Crippen LogP) is 6.66. The van der Waals surface area contributed by atoms with Crippen LogP contribution in [0.15, 0.2) is 114 Å². The first-order valence-corrected chi connectivity index (χ1v) is 13.2. The number of carbonyl (C=O) groups is 1. The van der Waals surface area contributed by atoms with Gasteiger partial charge in [0.25, 0.3) is 5.91 Å². The van der Waals surface area contributed by atoms with Crippen molar-refractivity contribution in [2.45, 2.75) is 23.3 Å². The highest BCUT2D eigenvalue weighted by molar-refractivity contribution is 9.10. The number of aliphatic imine (C=N–C) groups is 1. The number of nitrogens with zero attached hydrogens (tertiary/aromatic N) is 4. The molecule has 6 nitrogen and oxygen atoms in total. The van der Waals surface area contributed by atoms with Crippen LogP contribution in [-0.2, 0) is 17.9 Å². The zero-order valence-corrected chi connectivity index (χ0v) is 21.6. The quantitative estimate of drug-likeness (QED) is 0.185. The first-order valence-electron chi connectivity index (χ1n) is 10.7. The monoisotopic (exact) mass is 562 g/mol. The van der Waals surface area contributed by atoms with Crippen molar-refractivity contribution in [3.8, 4) is 0 Å². The SMILES string of the molecule is O=C1/C(=C\c2cc(Br)c(Sc3ncccn3)o2)SC(=NCc2ccccc2)N1Cc1ccccc1. The minimum Gasteiger partial charge on any atom is -0.449 e. The van der Waals surface area contributed by atoms with Crippen LogP contribution in [0.25, 0.3) is 6.08 Å². The van der Waals surface area contributed by atoms with Gasteiger partial charge in [-0.2, -0.15) is 0 Å². The standard InChI is InChI=1S/C26H19BrN4O2S2/c27-21-14-20(33-24(21)35-25-28-12-7-13-29-25)15-22-23(32)31(17-19-10-5-2-6-11-19)26(34-22)30-16-18-8-3-1-4-9-18/h1-15H,16-17H2/b22-15+,30-26?. The van der Waals surface area contributed by atoms with E-state index in [4.69, 9.17) is 9.41 Å². The van der Waals surface area contributed by atoms with Crippen molar-refractivity contribution in [3.63, 3.8) is 0 Å². The molecule has 0 bridgehead atoms. The summed E-state index contributed by atoms with van der Waals surface area (Å²) in [7, 11) is 0. The number of furan rings is 1. The molecule has 0 unspecified atom stereocenters. The average Bonchev–Trinajstić information content (AvgIpc) is 3.38. The van der Waals surface area contributed by atoms with Gasteiger partial charge in [0.1, 0.15) is 5.76 Å². The van der Waals surface area contributed by atoms with E-state index in [0.717, 1.165) is 15.6 Å². The van der Waals surface area contributed by atoms with Gasteiger partial charge >= 0.3 is 0 Å². The molecule has 0 spiro atoms. The number of hydrogen-bond donors (Lipinski definition) is 0. The fraction of sp³-hybridized carbons (Fsp3) is 0.0769. The zero-order valence-electron chi connectivity index (χ0n) is 18.4. The molecule has 0 atom stereocenters. The number of carbonyl (C=O) groups excluding carboxylic acids is 1. The molecule has 0 N–H and O–H groups in total. The molecule has 174 valence electrons. The molecule has 2 aromatic heterocycles. The fourth-order valence-corrected chi connectivity index (χ4v) is 5.53. The topological polar surface area (TPSA) is 71.6 Å². The first-order chi connectivity index (χ1) is 17.2. The Morgan fingerprint density at radius 2 is 1.69 bits per heavy atom. The lowest BCUT2D eigenvalue weighted by atomic mass is 10.2. The largest absolute Gasteiger partial charge is 0.449 e. The normalized spacial score (nSPS) is 15.9. The second kappa shape index (κ2) is 11.1. The van der Waals surface area contributed by atoms with E-state index in [1.54, 1.807) is 29.4 Å². The molecule has 1 aliphatic heterocycles. The number of amides is 1. The number of aromatic nitrogens is 2. The van der Waals surface area contributed by atoms with E-state index in [-0.39, 0.29) is 5.91 Å². The number of amidine groups is 1. The molecule has 0 saturated carbocycles. The summed E-state index contributed by atoms with van der Waals surface area (Å²) in [6.45, 7) is 0.950. The molecule has 1 aliphatic rings. The highest BCUT2D eigenvalue weighted by Gasteiger charge is 2.33. The zero-order chi connectivity index (χ0) is 24.0. The molecule has 5 rings (SSSR count). The van der Waals surface area contributed by atoms with E-state index in [0.29, 0.717) is 39.2 Å². The van der Waals surface area contributed by atoms with Crippen molar-refractivity contribution in [1.29, 1.82) is 0 Å². The van der Waals surface area contributed by atoms with E-state index in [1.165, 1.54) is 23.5 Å². The lowest BCUT2D eigenvalue weighted by Crippen LogP contribution is -2.28. The molecule has 1 saturated heterocycles. The Balaban J connectivity index is 1.41. The van der Waals surface area contributed by atoms with Crippen LogP contribution in [0.4, 0.5) is 0 Å². The van der Waals surface area contributed by atoms with E-state index in [1.807, 2.05) is 66.7 Å². The Morgan fingerprint density at radius 3 is 2.40 bits per heavy atom. The Kier molecular flexibility index (Phi) is 7.46. The Bertz CT molecular complexity index is 1380. The summed E-state index contributed by atoms with van der Waals surface area (Å²) in [4.78, 5) is 28.9. The molecular formula is C26H19BrN4O2S2. The molecule has 4 aromatic rings. The summed E-state index contributed by atoms with van der Waals surface area (Å²) in [6, 6.07) is 23.5. The van der Waals surface area contributed by atoms with Crippen molar-refractivity contribution < 1.29 is 9.21 Å². The summed E-state index contributed by atoms with van der Waals surface area (Å²) < 4.78 is 6.76.